The molecule has 0 radical (unpaired) electrons. The number of sulfonamides is 1. The molecule has 4 rings (SSSR count). The highest BCUT2D eigenvalue weighted by Gasteiger charge is 2.15. The minimum atomic E-state index is -3.79. The van der Waals surface area contributed by atoms with E-state index in [-0.39, 0.29) is 10.7 Å². The summed E-state index contributed by atoms with van der Waals surface area (Å²) in [6.07, 6.45) is 5.01. The molecule has 0 aliphatic rings. The number of hydrogen-bond acceptors (Lipinski definition) is 7. The van der Waals surface area contributed by atoms with Gasteiger partial charge >= 0.3 is 0 Å². The van der Waals surface area contributed by atoms with E-state index in [0.29, 0.717) is 28.7 Å². The highest BCUT2D eigenvalue weighted by atomic mass is 32.2. The van der Waals surface area contributed by atoms with Crippen LogP contribution in [0.1, 0.15) is 17.3 Å². The number of nitrogens with one attached hydrogen (secondary N) is 1. The molecule has 2 aromatic carbocycles. The molecule has 0 atom stereocenters. The lowest BCUT2D eigenvalue weighted by atomic mass is 10.2. The van der Waals surface area contributed by atoms with E-state index in [2.05, 4.69) is 19.9 Å². The van der Waals surface area contributed by atoms with Gasteiger partial charge in [-0.3, -0.25) is 14.1 Å². The first-order valence-corrected chi connectivity index (χ1v) is 10.6. The van der Waals surface area contributed by atoms with Crippen LogP contribution in [0, 0.1) is 0 Å². The van der Waals surface area contributed by atoms with E-state index >= 15 is 0 Å². The molecule has 4 aromatic rings. The summed E-state index contributed by atoms with van der Waals surface area (Å²) in [5.74, 6) is 1.24. The fourth-order valence-corrected chi connectivity index (χ4v) is 3.75. The van der Waals surface area contributed by atoms with Gasteiger partial charge in [0.25, 0.3) is 10.0 Å². The Morgan fingerprint density at radius 3 is 2.29 bits per heavy atom. The molecular weight excluding hydrogens is 418 g/mol. The van der Waals surface area contributed by atoms with Crippen LogP contribution in [0.2, 0.25) is 0 Å². The second-order valence-corrected chi connectivity index (χ2v) is 8.19. The zero-order chi connectivity index (χ0) is 21.8. The lowest BCUT2D eigenvalue weighted by Gasteiger charge is -2.10. The van der Waals surface area contributed by atoms with Gasteiger partial charge in [0.1, 0.15) is 12.1 Å². The molecule has 2 aromatic heterocycles. The Morgan fingerprint density at radius 2 is 1.71 bits per heavy atom. The van der Waals surface area contributed by atoms with Gasteiger partial charge in [-0.25, -0.2) is 13.4 Å². The molecule has 0 saturated heterocycles. The van der Waals surface area contributed by atoms with Crippen LogP contribution >= 0.6 is 0 Å². The lowest BCUT2D eigenvalue weighted by molar-refractivity contribution is 0.101. The van der Waals surface area contributed by atoms with Crippen LogP contribution in [-0.4, -0.2) is 33.9 Å². The fourth-order valence-electron chi connectivity index (χ4n) is 2.69. The normalized spacial score (nSPS) is 11.1. The summed E-state index contributed by atoms with van der Waals surface area (Å²) >= 11 is 0. The van der Waals surface area contributed by atoms with Gasteiger partial charge in [-0.2, -0.15) is 0 Å². The van der Waals surface area contributed by atoms with Crippen molar-refractivity contribution >= 4 is 21.5 Å². The molecule has 9 nitrogen and oxygen atoms in total. The van der Waals surface area contributed by atoms with E-state index in [4.69, 9.17) is 4.74 Å². The molecular formula is C21H17N5O4S. The Labute approximate surface area is 178 Å². The average Bonchev–Trinajstić information content (AvgIpc) is 3.30. The maximum Gasteiger partial charge on any atom is 0.261 e. The smallest absolute Gasteiger partial charge is 0.261 e. The maximum absolute atomic E-state index is 12.5. The molecule has 2 heterocycles. The van der Waals surface area contributed by atoms with Crippen LogP contribution in [0.25, 0.3) is 5.82 Å². The molecule has 0 fully saturated rings. The predicted octanol–water partition coefficient (Wildman–Crippen LogP) is 3.46. The molecule has 0 aliphatic carbocycles. The summed E-state index contributed by atoms with van der Waals surface area (Å²) in [5.41, 5.74) is 0.811. The summed E-state index contributed by atoms with van der Waals surface area (Å²) in [5, 5.41) is 8.08. The molecule has 31 heavy (non-hydrogen) atoms. The fraction of sp³-hybridized carbons (Fsp3) is 0.0476. The molecule has 0 aliphatic heterocycles. The Morgan fingerprint density at radius 1 is 0.968 bits per heavy atom. The number of Topliss-reactive ketones (excluding diaryl/α,β-unsaturated/α-hetero) is 1. The number of carbonyl (C=O) groups is 1. The largest absolute Gasteiger partial charge is 0.438 e. The van der Waals surface area contributed by atoms with Gasteiger partial charge in [-0.05, 0) is 49.4 Å². The summed E-state index contributed by atoms with van der Waals surface area (Å²) in [4.78, 5) is 15.4. The Hall–Kier alpha value is -4.05. The highest BCUT2D eigenvalue weighted by molar-refractivity contribution is 7.92. The monoisotopic (exact) mass is 435 g/mol. The molecule has 0 saturated carbocycles. The van der Waals surface area contributed by atoms with Crippen molar-refractivity contribution in [2.24, 2.45) is 0 Å². The molecule has 0 unspecified atom stereocenters. The van der Waals surface area contributed by atoms with Crippen molar-refractivity contribution in [2.75, 3.05) is 4.72 Å². The van der Waals surface area contributed by atoms with E-state index in [0.717, 1.165) is 0 Å². The number of anilines is 1. The van der Waals surface area contributed by atoms with Crippen LogP contribution in [-0.2, 0) is 10.0 Å². The number of rotatable bonds is 7. The number of ketones is 1. The van der Waals surface area contributed by atoms with Gasteiger partial charge < -0.3 is 4.74 Å². The van der Waals surface area contributed by atoms with Crippen LogP contribution in [0.15, 0.2) is 84.3 Å². The highest BCUT2D eigenvalue weighted by Crippen LogP contribution is 2.23. The van der Waals surface area contributed by atoms with Crippen LogP contribution in [0.5, 0.6) is 11.6 Å². The van der Waals surface area contributed by atoms with Gasteiger partial charge in [0.15, 0.2) is 11.6 Å². The third-order valence-electron chi connectivity index (χ3n) is 4.30. The molecule has 0 amide bonds. The molecule has 10 heteroatoms. The second kappa shape index (κ2) is 8.36. The van der Waals surface area contributed by atoms with Gasteiger partial charge in [0.2, 0.25) is 5.88 Å². The first kappa shape index (κ1) is 20.2. The first-order chi connectivity index (χ1) is 14.9. The van der Waals surface area contributed by atoms with Gasteiger partial charge in [-0.1, -0.05) is 12.1 Å². The van der Waals surface area contributed by atoms with E-state index in [1.165, 1.54) is 31.2 Å². The molecule has 0 spiro atoms. The third kappa shape index (κ3) is 4.75. The average molecular weight is 435 g/mol. The SMILES string of the molecule is CC(=O)c1ccc(S(=O)(=O)Nc2ccc(Oc3ccc(-n4ccnc4)nn3)cc2)cc1. The summed E-state index contributed by atoms with van der Waals surface area (Å²) in [6, 6.07) is 15.5. The zero-order valence-electron chi connectivity index (χ0n) is 16.3. The first-order valence-electron chi connectivity index (χ1n) is 9.14. The van der Waals surface area contributed by atoms with Crippen molar-refractivity contribution in [3.8, 4) is 17.4 Å². The standard InChI is InChI=1S/C21H17N5O4S/c1-15(27)16-2-8-19(9-3-16)31(28,29)25-17-4-6-18(7-5-17)30-21-11-10-20(23-24-21)26-13-12-22-14-26/h2-14,25H,1H3. The number of benzene rings is 2. The zero-order valence-corrected chi connectivity index (χ0v) is 17.2. The number of aromatic nitrogens is 4. The van der Waals surface area contributed by atoms with Crippen molar-refractivity contribution in [3.05, 3.63) is 84.9 Å². The van der Waals surface area contributed by atoms with Crippen LogP contribution < -0.4 is 9.46 Å². The van der Waals surface area contributed by atoms with Gasteiger partial charge in [0, 0.05) is 29.7 Å². The minimum Gasteiger partial charge on any atom is -0.438 e. The number of carbonyl (C=O) groups excluding carboxylic acids is 1. The number of nitrogens with zero attached hydrogens (tertiary/aromatic N) is 4. The summed E-state index contributed by atoms with van der Waals surface area (Å²) in [7, 11) is -3.79. The lowest BCUT2D eigenvalue weighted by Crippen LogP contribution is -2.13. The molecule has 0 bridgehead atoms. The maximum atomic E-state index is 12.5. The van der Waals surface area contributed by atoms with E-state index in [1.807, 2.05) is 0 Å². The predicted molar refractivity (Wildman–Crippen MR) is 113 cm³/mol. The van der Waals surface area contributed by atoms with Crippen molar-refractivity contribution in [3.63, 3.8) is 0 Å². The summed E-state index contributed by atoms with van der Waals surface area (Å²) in [6.45, 7) is 1.42. The summed E-state index contributed by atoms with van der Waals surface area (Å²) < 4.78 is 34.9. The van der Waals surface area contributed by atoms with E-state index in [9.17, 15) is 13.2 Å². The minimum absolute atomic E-state index is 0.0612. The van der Waals surface area contributed by atoms with Gasteiger partial charge in [0.05, 0.1) is 4.90 Å². The van der Waals surface area contributed by atoms with Crippen LogP contribution in [0.4, 0.5) is 5.69 Å². The number of imidazole rings is 1. The van der Waals surface area contributed by atoms with E-state index in [1.54, 1.807) is 59.7 Å². The van der Waals surface area contributed by atoms with E-state index < -0.39 is 10.0 Å². The quantitative estimate of drug-likeness (QED) is 0.442. The van der Waals surface area contributed by atoms with Gasteiger partial charge in [-0.15, -0.1) is 10.2 Å². The third-order valence-corrected chi connectivity index (χ3v) is 5.69. The Bertz CT molecular complexity index is 1290. The molecule has 156 valence electrons. The van der Waals surface area contributed by atoms with Crippen LogP contribution in [0.3, 0.4) is 0 Å². The van der Waals surface area contributed by atoms with Crippen molar-refractivity contribution in [1.82, 2.24) is 19.7 Å². The molecule has 1 N–H and O–H groups in total. The topological polar surface area (TPSA) is 116 Å². The Balaban J connectivity index is 1.42. The number of ether oxygens (including phenoxy) is 1. The van der Waals surface area contributed by atoms with Crippen molar-refractivity contribution < 1.29 is 17.9 Å². The van der Waals surface area contributed by atoms with Crippen molar-refractivity contribution in [1.29, 1.82) is 0 Å². The Kier molecular flexibility index (Phi) is 5.46. The van der Waals surface area contributed by atoms with Crippen molar-refractivity contribution in [2.45, 2.75) is 11.8 Å². The second-order valence-electron chi connectivity index (χ2n) is 6.51. The number of hydrogen-bond donors (Lipinski definition) is 1.